The maximum Gasteiger partial charge on any atom is 0.205 e. The summed E-state index contributed by atoms with van der Waals surface area (Å²) >= 11 is 1.40. The molecule has 7 heteroatoms. The van der Waals surface area contributed by atoms with Gasteiger partial charge in [0.05, 0.1) is 24.7 Å². The smallest absolute Gasteiger partial charge is 0.205 e. The summed E-state index contributed by atoms with van der Waals surface area (Å²) < 4.78 is 5.12. The van der Waals surface area contributed by atoms with Gasteiger partial charge in [-0.3, -0.25) is 5.43 Å². The summed E-state index contributed by atoms with van der Waals surface area (Å²) in [6, 6.07) is 17.2. The Balaban J connectivity index is 1.65. The fraction of sp³-hybridized carbons (Fsp3) is 0.111. The number of nitrogens with one attached hydrogen (secondary N) is 1. The third kappa shape index (κ3) is 4.71. The molecule has 0 aliphatic heterocycles. The molecule has 0 aliphatic rings. The van der Waals surface area contributed by atoms with Crippen molar-refractivity contribution < 1.29 is 4.74 Å². The molecule has 3 aromatic rings. The fourth-order valence-electron chi connectivity index (χ4n) is 1.98. The number of hydrogen-bond donors (Lipinski definition) is 1. The molecule has 0 amide bonds. The number of ether oxygens (including phenoxy) is 1. The van der Waals surface area contributed by atoms with Gasteiger partial charge < -0.3 is 4.74 Å². The molecule has 0 bridgehead atoms. The molecular weight excluding hydrogens is 334 g/mol. The van der Waals surface area contributed by atoms with Crippen molar-refractivity contribution in [2.24, 2.45) is 15.3 Å². The molecular formula is C18H17N5OS. The highest BCUT2D eigenvalue weighted by Gasteiger charge is 2.06. The Morgan fingerprint density at radius 2 is 1.80 bits per heavy atom. The molecule has 0 atom stereocenters. The van der Waals surface area contributed by atoms with Gasteiger partial charge in [0.25, 0.3) is 0 Å². The zero-order valence-corrected chi connectivity index (χ0v) is 14.7. The van der Waals surface area contributed by atoms with Crippen LogP contribution in [-0.2, 0) is 0 Å². The highest BCUT2D eigenvalue weighted by Crippen LogP contribution is 2.32. The quantitative estimate of drug-likeness (QED) is 0.371. The lowest BCUT2D eigenvalue weighted by Gasteiger charge is -1.97. The lowest BCUT2D eigenvalue weighted by molar-refractivity contribution is 0.415. The maximum atomic E-state index is 5.12. The van der Waals surface area contributed by atoms with Crippen molar-refractivity contribution in [3.05, 3.63) is 65.9 Å². The van der Waals surface area contributed by atoms with E-state index in [9.17, 15) is 0 Å². The van der Waals surface area contributed by atoms with E-state index >= 15 is 0 Å². The second-order valence-electron chi connectivity index (χ2n) is 5.09. The second-order valence-corrected chi connectivity index (χ2v) is 6.07. The van der Waals surface area contributed by atoms with Crippen molar-refractivity contribution >= 4 is 33.4 Å². The summed E-state index contributed by atoms with van der Waals surface area (Å²) in [7, 11) is 1.63. The van der Waals surface area contributed by atoms with Gasteiger partial charge in [-0.1, -0.05) is 41.7 Å². The third-order valence-electron chi connectivity index (χ3n) is 3.27. The number of hydrazone groups is 1. The largest absolute Gasteiger partial charge is 0.497 e. The van der Waals surface area contributed by atoms with Crippen molar-refractivity contribution in [3.8, 4) is 5.75 Å². The van der Waals surface area contributed by atoms with Gasteiger partial charge in [-0.2, -0.15) is 5.10 Å². The normalized spacial score (nSPS) is 11.3. The monoisotopic (exact) mass is 351 g/mol. The first-order valence-electron chi connectivity index (χ1n) is 7.62. The van der Waals surface area contributed by atoms with E-state index in [1.807, 2.05) is 61.5 Å². The Hall–Kier alpha value is -3.06. The van der Waals surface area contributed by atoms with Crippen LogP contribution in [0.25, 0.3) is 0 Å². The number of methoxy groups -OCH3 is 1. The maximum absolute atomic E-state index is 5.12. The minimum Gasteiger partial charge on any atom is -0.497 e. The number of azo groups is 1. The second kappa shape index (κ2) is 8.16. The zero-order chi connectivity index (χ0) is 17.5. The van der Waals surface area contributed by atoms with E-state index in [2.05, 4.69) is 25.7 Å². The van der Waals surface area contributed by atoms with Crippen LogP contribution in [0.1, 0.15) is 11.3 Å². The van der Waals surface area contributed by atoms with Gasteiger partial charge in [-0.25, -0.2) is 4.98 Å². The molecule has 0 saturated carbocycles. The number of rotatable bonds is 6. The molecule has 1 N–H and O–H groups in total. The van der Waals surface area contributed by atoms with Crippen molar-refractivity contribution in [1.29, 1.82) is 0 Å². The molecule has 0 radical (unpaired) electrons. The van der Waals surface area contributed by atoms with Crippen LogP contribution >= 0.6 is 11.3 Å². The molecule has 1 heterocycles. The summed E-state index contributed by atoms with van der Waals surface area (Å²) in [5, 5.41) is 14.1. The van der Waals surface area contributed by atoms with Crippen LogP contribution in [-0.4, -0.2) is 18.3 Å². The zero-order valence-electron chi connectivity index (χ0n) is 13.9. The third-order valence-corrected chi connectivity index (χ3v) is 4.22. The number of benzene rings is 2. The molecule has 126 valence electrons. The molecule has 0 spiro atoms. The van der Waals surface area contributed by atoms with Gasteiger partial charge >= 0.3 is 0 Å². The van der Waals surface area contributed by atoms with Gasteiger partial charge in [0.15, 0.2) is 5.00 Å². The average Bonchev–Trinajstić information content (AvgIpc) is 3.01. The van der Waals surface area contributed by atoms with Crippen LogP contribution in [0.15, 0.2) is 69.9 Å². The first-order valence-corrected chi connectivity index (χ1v) is 8.43. The molecule has 25 heavy (non-hydrogen) atoms. The molecule has 6 nitrogen and oxygen atoms in total. The highest BCUT2D eigenvalue weighted by atomic mass is 32.1. The SMILES string of the molecule is COc1ccc(N=Nc2sc(N/N=C/c3ccccc3)nc2C)cc1. The summed E-state index contributed by atoms with van der Waals surface area (Å²) in [4.78, 5) is 4.40. The highest BCUT2D eigenvalue weighted by molar-refractivity contribution is 7.19. The average molecular weight is 351 g/mol. The van der Waals surface area contributed by atoms with E-state index in [1.54, 1.807) is 13.3 Å². The van der Waals surface area contributed by atoms with E-state index in [4.69, 9.17) is 4.74 Å². The number of aryl methyl sites for hydroxylation is 1. The summed E-state index contributed by atoms with van der Waals surface area (Å²) in [5.74, 6) is 0.788. The Morgan fingerprint density at radius 1 is 1.04 bits per heavy atom. The Morgan fingerprint density at radius 3 is 2.52 bits per heavy atom. The van der Waals surface area contributed by atoms with Gasteiger partial charge in [-0.05, 0) is 36.8 Å². The predicted octanol–water partition coefficient (Wildman–Crippen LogP) is 5.32. The van der Waals surface area contributed by atoms with E-state index in [0.29, 0.717) is 5.13 Å². The molecule has 0 fully saturated rings. The Labute approximate surface area is 149 Å². The van der Waals surface area contributed by atoms with Gasteiger partial charge in [0, 0.05) is 0 Å². The molecule has 0 saturated heterocycles. The molecule has 2 aromatic carbocycles. The topological polar surface area (TPSA) is 71.2 Å². The van der Waals surface area contributed by atoms with Crippen molar-refractivity contribution in [3.63, 3.8) is 0 Å². The van der Waals surface area contributed by atoms with Gasteiger partial charge in [0.2, 0.25) is 5.13 Å². The van der Waals surface area contributed by atoms with Crippen LogP contribution in [0.4, 0.5) is 15.8 Å². The number of aromatic nitrogens is 1. The van der Waals surface area contributed by atoms with Crippen molar-refractivity contribution in [1.82, 2.24) is 4.98 Å². The molecule has 0 aliphatic carbocycles. The van der Waals surface area contributed by atoms with Crippen LogP contribution in [0.3, 0.4) is 0 Å². The van der Waals surface area contributed by atoms with E-state index in [-0.39, 0.29) is 0 Å². The van der Waals surface area contributed by atoms with Crippen LogP contribution in [0.5, 0.6) is 5.75 Å². The minimum atomic E-state index is 0.674. The number of thiazole rings is 1. The Kier molecular flexibility index (Phi) is 5.48. The summed E-state index contributed by atoms with van der Waals surface area (Å²) in [5.41, 5.74) is 5.50. The predicted molar refractivity (Wildman–Crippen MR) is 102 cm³/mol. The van der Waals surface area contributed by atoms with Gasteiger partial charge in [0.1, 0.15) is 5.75 Å². The fourth-order valence-corrected chi connectivity index (χ4v) is 2.72. The van der Waals surface area contributed by atoms with E-state index in [0.717, 1.165) is 27.7 Å². The summed E-state index contributed by atoms with van der Waals surface area (Å²) in [6.45, 7) is 1.89. The first kappa shape index (κ1) is 16.8. The van der Waals surface area contributed by atoms with Crippen LogP contribution in [0.2, 0.25) is 0 Å². The number of hydrogen-bond acceptors (Lipinski definition) is 7. The number of nitrogens with zero attached hydrogens (tertiary/aromatic N) is 4. The standard InChI is InChI=1S/C18H17N5OS/c1-13-17(22-21-15-8-10-16(24-2)11-9-15)25-18(20-13)23-19-12-14-6-4-3-5-7-14/h3-12H,1-2H3,(H,20,23)/b19-12+,22-21?. The lowest BCUT2D eigenvalue weighted by atomic mass is 10.2. The minimum absolute atomic E-state index is 0.674. The number of anilines is 1. The summed E-state index contributed by atoms with van der Waals surface area (Å²) in [6.07, 6.45) is 1.75. The van der Waals surface area contributed by atoms with Crippen molar-refractivity contribution in [2.75, 3.05) is 12.5 Å². The first-order chi connectivity index (χ1) is 12.2. The van der Waals surface area contributed by atoms with E-state index < -0.39 is 0 Å². The molecule has 1 aromatic heterocycles. The lowest BCUT2D eigenvalue weighted by Crippen LogP contribution is -1.89. The Bertz CT molecular complexity index is 872. The van der Waals surface area contributed by atoms with Crippen LogP contribution < -0.4 is 10.2 Å². The van der Waals surface area contributed by atoms with Crippen LogP contribution in [0, 0.1) is 6.92 Å². The van der Waals surface area contributed by atoms with Gasteiger partial charge in [-0.15, -0.1) is 10.2 Å². The molecule has 0 unspecified atom stereocenters. The van der Waals surface area contributed by atoms with E-state index in [1.165, 1.54) is 11.3 Å². The van der Waals surface area contributed by atoms with Crippen molar-refractivity contribution in [2.45, 2.75) is 6.92 Å². The molecule has 3 rings (SSSR count).